The molecule has 0 bridgehead atoms. The standard InChI is InChI=1S/C25H26N2O3/c1-18(30-25(29)21-14-16-22(17-15-21)27(2)3)24(28)26-23(19-10-6-4-7-11-19)20-12-8-5-9-13-20/h4-18,23H,1-3H3,(H,26,28)/t18-/m0/s1. The number of hydrogen-bond acceptors (Lipinski definition) is 4. The van der Waals surface area contributed by atoms with Gasteiger partial charge in [-0.1, -0.05) is 60.7 Å². The molecule has 0 spiro atoms. The van der Waals surface area contributed by atoms with E-state index in [0.29, 0.717) is 5.56 Å². The first kappa shape index (κ1) is 21.1. The lowest BCUT2D eigenvalue weighted by Crippen LogP contribution is -2.38. The van der Waals surface area contributed by atoms with E-state index in [4.69, 9.17) is 4.74 Å². The Labute approximate surface area is 177 Å². The number of nitrogens with one attached hydrogen (secondary N) is 1. The monoisotopic (exact) mass is 402 g/mol. The molecule has 154 valence electrons. The van der Waals surface area contributed by atoms with Crippen LogP contribution in [-0.4, -0.2) is 32.1 Å². The van der Waals surface area contributed by atoms with Gasteiger partial charge in [-0.15, -0.1) is 0 Å². The first-order valence-electron chi connectivity index (χ1n) is 9.84. The average molecular weight is 402 g/mol. The lowest BCUT2D eigenvalue weighted by Gasteiger charge is -2.22. The van der Waals surface area contributed by atoms with E-state index in [-0.39, 0.29) is 11.9 Å². The Morgan fingerprint density at radius 3 is 1.77 bits per heavy atom. The summed E-state index contributed by atoms with van der Waals surface area (Å²) in [5.41, 5.74) is 3.29. The first-order chi connectivity index (χ1) is 14.5. The highest BCUT2D eigenvalue weighted by molar-refractivity contribution is 5.92. The fourth-order valence-corrected chi connectivity index (χ4v) is 3.09. The minimum atomic E-state index is -0.930. The summed E-state index contributed by atoms with van der Waals surface area (Å²) in [4.78, 5) is 27.2. The van der Waals surface area contributed by atoms with Gasteiger partial charge in [0.15, 0.2) is 6.10 Å². The lowest BCUT2D eigenvalue weighted by atomic mass is 9.98. The van der Waals surface area contributed by atoms with Crippen LogP contribution >= 0.6 is 0 Å². The van der Waals surface area contributed by atoms with Crippen LogP contribution < -0.4 is 10.2 Å². The topological polar surface area (TPSA) is 58.6 Å². The van der Waals surface area contributed by atoms with E-state index in [9.17, 15) is 9.59 Å². The normalized spacial score (nSPS) is 11.6. The molecule has 30 heavy (non-hydrogen) atoms. The summed E-state index contributed by atoms with van der Waals surface area (Å²) in [6.07, 6.45) is -0.930. The molecule has 0 radical (unpaired) electrons. The van der Waals surface area contributed by atoms with Crippen molar-refractivity contribution < 1.29 is 14.3 Å². The third-order valence-corrected chi connectivity index (χ3v) is 4.82. The van der Waals surface area contributed by atoms with Crippen LogP contribution in [0, 0.1) is 0 Å². The molecule has 0 unspecified atom stereocenters. The van der Waals surface area contributed by atoms with Gasteiger partial charge in [-0.3, -0.25) is 4.79 Å². The summed E-state index contributed by atoms with van der Waals surface area (Å²) >= 11 is 0. The van der Waals surface area contributed by atoms with Crippen molar-refractivity contribution in [1.82, 2.24) is 5.32 Å². The van der Waals surface area contributed by atoms with Gasteiger partial charge in [0.25, 0.3) is 5.91 Å². The van der Waals surface area contributed by atoms with Gasteiger partial charge < -0.3 is 15.0 Å². The molecule has 3 rings (SSSR count). The highest BCUT2D eigenvalue weighted by atomic mass is 16.5. The molecule has 0 aliphatic rings. The van der Waals surface area contributed by atoms with Gasteiger partial charge in [-0.2, -0.15) is 0 Å². The summed E-state index contributed by atoms with van der Waals surface area (Å²) < 4.78 is 5.41. The maximum atomic E-state index is 12.8. The zero-order valence-corrected chi connectivity index (χ0v) is 17.4. The molecule has 5 nitrogen and oxygen atoms in total. The van der Waals surface area contributed by atoms with Gasteiger partial charge in [-0.25, -0.2) is 4.79 Å². The quantitative estimate of drug-likeness (QED) is 0.602. The van der Waals surface area contributed by atoms with Crippen LogP contribution in [0.25, 0.3) is 0 Å². The predicted octanol–water partition coefficient (Wildman–Crippen LogP) is 4.20. The second-order valence-electron chi connectivity index (χ2n) is 7.25. The molecule has 1 N–H and O–H groups in total. The Morgan fingerprint density at radius 2 is 1.30 bits per heavy atom. The van der Waals surface area contributed by atoms with Gasteiger partial charge in [-0.05, 0) is 42.3 Å². The van der Waals surface area contributed by atoms with Crippen molar-refractivity contribution in [2.75, 3.05) is 19.0 Å². The molecule has 0 aromatic heterocycles. The third kappa shape index (κ3) is 5.26. The van der Waals surface area contributed by atoms with Crippen LogP contribution in [0.15, 0.2) is 84.9 Å². The first-order valence-corrected chi connectivity index (χ1v) is 9.84. The maximum Gasteiger partial charge on any atom is 0.338 e. The second-order valence-corrected chi connectivity index (χ2v) is 7.25. The average Bonchev–Trinajstić information content (AvgIpc) is 2.78. The van der Waals surface area contributed by atoms with E-state index in [0.717, 1.165) is 16.8 Å². The molecule has 1 amide bonds. The number of esters is 1. The second kappa shape index (κ2) is 9.74. The lowest BCUT2D eigenvalue weighted by molar-refractivity contribution is -0.129. The zero-order valence-electron chi connectivity index (χ0n) is 17.4. The SMILES string of the molecule is C[C@H](OC(=O)c1ccc(N(C)C)cc1)C(=O)NC(c1ccccc1)c1ccccc1. The van der Waals surface area contributed by atoms with Crippen molar-refractivity contribution in [3.05, 3.63) is 102 Å². The molecule has 0 aliphatic heterocycles. The highest BCUT2D eigenvalue weighted by Gasteiger charge is 2.23. The Morgan fingerprint density at radius 1 is 0.800 bits per heavy atom. The van der Waals surface area contributed by atoms with E-state index in [1.807, 2.05) is 91.8 Å². The van der Waals surface area contributed by atoms with Crippen LogP contribution in [0.3, 0.4) is 0 Å². The fourth-order valence-electron chi connectivity index (χ4n) is 3.09. The van der Waals surface area contributed by atoms with Gasteiger partial charge in [0, 0.05) is 19.8 Å². The van der Waals surface area contributed by atoms with Crippen LogP contribution in [0.1, 0.15) is 34.5 Å². The van der Waals surface area contributed by atoms with Crippen molar-refractivity contribution in [1.29, 1.82) is 0 Å². The number of anilines is 1. The summed E-state index contributed by atoms with van der Waals surface area (Å²) in [7, 11) is 3.85. The molecule has 0 fully saturated rings. The van der Waals surface area contributed by atoms with Crippen molar-refractivity contribution in [2.45, 2.75) is 19.1 Å². The minimum Gasteiger partial charge on any atom is -0.449 e. The van der Waals surface area contributed by atoms with Crippen LogP contribution in [-0.2, 0) is 9.53 Å². The van der Waals surface area contributed by atoms with E-state index in [1.165, 1.54) is 0 Å². The van der Waals surface area contributed by atoms with Crippen molar-refractivity contribution in [2.24, 2.45) is 0 Å². The molecule has 0 aliphatic carbocycles. The number of amides is 1. The van der Waals surface area contributed by atoms with Gasteiger partial charge in [0.2, 0.25) is 0 Å². The largest absolute Gasteiger partial charge is 0.449 e. The third-order valence-electron chi connectivity index (χ3n) is 4.82. The number of rotatable bonds is 7. The van der Waals surface area contributed by atoms with Crippen LogP contribution in [0.2, 0.25) is 0 Å². The maximum absolute atomic E-state index is 12.8. The van der Waals surface area contributed by atoms with Crippen molar-refractivity contribution in [3.8, 4) is 0 Å². The number of benzene rings is 3. The summed E-state index contributed by atoms with van der Waals surface area (Å²) in [6, 6.07) is 26.1. The summed E-state index contributed by atoms with van der Waals surface area (Å²) in [6.45, 7) is 1.58. The molecule has 0 saturated heterocycles. The van der Waals surface area contributed by atoms with E-state index in [1.54, 1.807) is 19.1 Å². The fraction of sp³-hybridized carbons (Fsp3) is 0.200. The summed E-state index contributed by atoms with van der Waals surface area (Å²) in [5.74, 6) is -0.884. The molecular formula is C25H26N2O3. The number of ether oxygens (including phenoxy) is 1. The Hall–Kier alpha value is -3.60. The van der Waals surface area contributed by atoms with Gasteiger partial charge in [0.1, 0.15) is 0 Å². The predicted molar refractivity (Wildman–Crippen MR) is 119 cm³/mol. The Bertz CT molecular complexity index is 931. The zero-order chi connectivity index (χ0) is 21.5. The molecule has 5 heteroatoms. The smallest absolute Gasteiger partial charge is 0.338 e. The van der Waals surface area contributed by atoms with Crippen LogP contribution in [0.4, 0.5) is 5.69 Å². The van der Waals surface area contributed by atoms with Crippen molar-refractivity contribution >= 4 is 17.6 Å². The van der Waals surface area contributed by atoms with Gasteiger partial charge in [0.05, 0.1) is 11.6 Å². The molecule has 3 aromatic carbocycles. The van der Waals surface area contributed by atoms with Gasteiger partial charge >= 0.3 is 5.97 Å². The molecule has 0 saturated carbocycles. The summed E-state index contributed by atoms with van der Waals surface area (Å²) in [5, 5.41) is 3.01. The Balaban J connectivity index is 1.70. The van der Waals surface area contributed by atoms with E-state index >= 15 is 0 Å². The molecule has 0 heterocycles. The molecule has 3 aromatic rings. The molecular weight excluding hydrogens is 376 g/mol. The Kier molecular flexibility index (Phi) is 6.86. The van der Waals surface area contributed by atoms with Crippen molar-refractivity contribution in [3.63, 3.8) is 0 Å². The number of nitrogens with zero attached hydrogens (tertiary/aromatic N) is 1. The van der Waals surface area contributed by atoms with E-state index in [2.05, 4.69) is 5.32 Å². The van der Waals surface area contributed by atoms with E-state index < -0.39 is 12.1 Å². The number of carbonyl (C=O) groups excluding carboxylic acids is 2. The minimum absolute atomic E-state index is 0.333. The number of carbonyl (C=O) groups is 2. The highest BCUT2D eigenvalue weighted by Crippen LogP contribution is 2.22. The number of hydrogen-bond donors (Lipinski definition) is 1. The van der Waals surface area contributed by atoms with Crippen LogP contribution in [0.5, 0.6) is 0 Å². The molecule has 1 atom stereocenters.